The number of hydrogen-bond donors (Lipinski definition) is 2. The summed E-state index contributed by atoms with van der Waals surface area (Å²) in [6.45, 7) is 1.83. The van der Waals surface area contributed by atoms with Crippen LogP contribution >= 0.6 is 0 Å². The second-order valence-electron chi connectivity index (χ2n) is 2.46. The number of nitrogen functional groups attached to an aromatic ring is 1. The summed E-state index contributed by atoms with van der Waals surface area (Å²) in [5.74, 6) is 5.33. The Morgan fingerprint density at radius 2 is 2.50 bits per heavy atom. The molecule has 1 heterocycles. The van der Waals surface area contributed by atoms with Crippen LogP contribution in [0.5, 0.6) is 0 Å². The Hall–Kier alpha value is -2.09. The maximum atomic E-state index is 10.9. The highest BCUT2D eigenvalue weighted by Gasteiger charge is 1.98. The zero-order chi connectivity index (χ0) is 10.4. The number of hydrogen-bond acceptors (Lipinski definition) is 4. The summed E-state index contributed by atoms with van der Waals surface area (Å²) in [4.78, 5) is 18.8. The van der Waals surface area contributed by atoms with Crippen molar-refractivity contribution in [2.75, 3.05) is 5.73 Å². The summed E-state index contributed by atoms with van der Waals surface area (Å²) in [6.07, 6.45) is 1.54. The fourth-order valence-corrected chi connectivity index (χ4v) is 0.817. The van der Waals surface area contributed by atoms with Crippen molar-refractivity contribution in [3.8, 4) is 11.8 Å². The molecule has 14 heavy (non-hydrogen) atoms. The molecule has 1 aromatic heterocycles. The lowest BCUT2D eigenvalue weighted by Crippen LogP contribution is -2.22. The lowest BCUT2D eigenvalue weighted by Gasteiger charge is -1.99. The SMILES string of the molecule is CC#CC(=O)NCc1nccc(N)n1. The van der Waals surface area contributed by atoms with E-state index in [9.17, 15) is 4.79 Å². The molecule has 1 aromatic rings. The van der Waals surface area contributed by atoms with Gasteiger partial charge in [0.15, 0.2) is 0 Å². The van der Waals surface area contributed by atoms with Crippen LogP contribution in [0, 0.1) is 11.8 Å². The Bertz CT molecular complexity index is 391. The molecule has 0 saturated heterocycles. The zero-order valence-electron chi connectivity index (χ0n) is 7.74. The smallest absolute Gasteiger partial charge is 0.296 e. The number of amides is 1. The Morgan fingerprint density at radius 3 is 3.14 bits per heavy atom. The van der Waals surface area contributed by atoms with Gasteiger partial charge in [-0.15, -0.1) is 0 Å². The number of nitrogens with two attached hydrogens (primary N) is 1. The van der Waals surface area contributed by atoms with E-state index in [-0.39, 0.29) is 12.5 Å². The van der Waals surface area contributed by atoms with Gasteiger partial charge in [0.05, 0.1) is 6.54 Å². The molecule has 1 rings (SSSR count). The van der Waals surface area contributed by atoms with Crippen molar-refractivity contribution < 1.29 is 4.79 Å². The van der Waals surface area contributed by atoms with Gasteiger partial charge in [0, 0.05) is 6.20 Å². The predicted molar refractivity (Wildman–Crippen MR) is 51.7 cm³/mol. The summed E-state index contributed by atoms with van der Waals surface area (Å²) >= 11 is 0. The number of carbonyl (C=O) groups excluding carboxylic acids is 1. The van der Waals surface area contributed by atoms with E-state index in [1.807, 2.05) is 0 Å². The molecule has 5 heteroatoms. The van der Waals surface area contributed by atoms with Gasteiger partial charge in [-0.2, -0.15) is 0 Å². The van der Waals surface area contributed by atoms with Crippen molar-refractivity contribution in [1.29, 1.82) is 0 Å². The number of aromatic nitrogens is 2. The minimum Gasteiger partial charge on any atom is -0.384 e. The molecule has 0 atom stereocenters. The van der Waals surface area contributed by atoms with Crippen molar-refractivity contribution >= 4 is 11.7 Å². The fourth-order valence-electron chi connectivity index (χ4n) is 0.817. The monoisotopic (exact) mass is 190 g/mol. The van der Waals surface area contributed by atoms with Gasteiger partial charge in [-0.25, -0.2) is 9.97 Å². The van der Waals surface area contributed by atoms with Crippen LogP contribution in [0.1, 0.15) is 12.7 Å². The van der Waals surface area contributed by atoms with Crippen molar-refractivity contribution in [2.24, 2.45) is 0 Å². The van der Waals surface area contributed by atoms with E-state index < -0.39 is 0 Å². The number of carbonyl (C=O) groups is 1. The summed E-state index contributed by atoms with van der Waals surface area (Å²) in [5, 5.41) is 2.53. The van der Waals surface area contributed by atoms with E-state index in [0.29, 0.717) is 11.6 Å². The second-order valence-corrected chi connectivity index (χ2v) is 2.46. The molecule has 0 aliphatic heterocycles. The lowest BCUT2D eigenvalue weighted by molar-refractivity contribution is -0.115. The summed E-state index contributed by atoms with van der Waals surface area (Å²) in [7, 11) is 0. The van der Waals surface area contributed by atoms with E-state index in [4.69, 9.17) is 5.73 Å². The Morgan fingerprint density at radius 1 is 1.71 bits per heavy atom. The van der Waals surface area contributed by atoms with E-state index in [1.165, 1.54) is 6.20 Å². The largest absolute Gasteiger partial charge is 0.384 e. The molecule has 0 bridgehead atoms. The number of anilines is 1. The molecular formula is C9H10N4O. The van der Waals surface area contributed by atoms with E-state index in [1.54, 1.807) is 13.0 Å². The van der Waals surface area contributed by atoms with Crippen LogP contribution in [0.4, 0.5) is 5.82 Å². The van der Waals surface area contributed by atoms with Gasteiger partial charge in [-0.05, 0) is 18.9 Å². The number of nitrogens with one attached hydrogen (secondary N) is 1. The van der Waals surface area contributed by atoms with E-state index in [0.717, 1.165) is 0 Å². The minimum atomic E-state index is -0.349. The molecule has 0 aromatic carbocycles. The molecule has 0 aliphatic rings. The van der Waals surface area contributed by atoms with Gasteiger partial charge in [-0.1, -0.05) is 5.92 Å². The molecule has 0 fully saturated rings. The average Bonchev–Trinajstić information content (AvgIpc) is 2.15. The van der Waals surface area contributed by atoms with Gasteiger partial charge in [0.1, 0.15) is 11.6 Å². The maximum Gasteiger partial charge on any atom is 0.296 e. The van der Waals surface area contributed by atoms with Gasteiger partial charge in [-0.3, -0.25) is 4.79 Å². The van der Waals surface area contributed by atoms with Crippen LogP contribution in [0.2, 0.25) is 0 Å². The zero-order valence-corrected chi connectivity index (χ0v) is 7.74. The highest BCUT2D eigenvalue weighted by molar-refractivity contribution is 5.93. The van der Waals surface area contributed by atoms with Crippen LogP contribution < -0.4 is 11.1 Å². The molecule has 0 unspecified atom stereocenters. The van der Waals surface area contributed by atoms with E-state index in [2.05, 4.69) is 27.1 Å². The fraction of sp³-hybridized carbons (Fsp3) is 0.222. The van der Waals surface area contributed by atoms with Gasteiger partial charge in [0.25, 0.3) is 5.91 Å². The van der Waals surface area contributed by atoms with Crippen LogP contribution in [-0.4, -0.2) is 15.9 Å². The number of nitrogens with zero attached hydrogens (tertiary/aromatic N) is 2. The quantitative estimate of drug-likeness (QED) is 0.627. The molecule has 72 valence electrons. The average molecular weight is 190 g/mol. The van der Waals surface area contributed by atoms with E-state index >= 15 is 0 Å². The van der Waals surface area contributed by atoms with Gasteiger partial charge < -0.3 is 11.1 Å². The molecule has 0 aliphatic carbocycles. The molecule has 3 N–H and O–H groups in total. The summed E-state index contributed by atoms with van der Waals surface area (Å²) < 4.78 is 0. The number of rotatable bonds is 2. The molecule has 0 saturated carbocycles. The first kappa shape index (κ1) is 9.99. The summed E-state index contributed by atoms with van der Waals surface area (Å²) in [5.41, 5.74) is 5.43. The predicted octanol–water partition coefficient (Wildman–Crippen LogP) is -0.302. The molecule has 5 nitrogen and oxygen atoms in total. The first-order chi connectivity index (χ1) is 6.72. The minimum absolute atomic E-state index is 0.235. The topological polar surface area (TPSA) is 80.9 Å². The van der Waals surface area contributed by atoms with Crippen molar-refractivity contribution in [3.63, 3.8) is 0 Å². The Kier molecular flexibility index (Phi) is 3.44. The van der Waals surface area contributed by atoms with Crippen LogP contribution in [-0.2, 0) is 11.3 Å². The van der Waals surface area contributed by atoms with Crippen LogP contribution in [0.3, 0.4) is 0 Å². The van der Waals surface area contributed by atoms with Gasteiger partial charge >= 0.3 is 0 Å². The van der Waals surface area contributed by atoms with Crippen molar-refractivity contribution in [2.45, 2.75) is 13.5 Å². The molecule has 0 radical (unpaired) electrons. The third-order valence-corrected chi connectivity index (χ3v) is 1.37. The lowest BCUT2D eigenvalue weighted by atomic mass is 10.5. The molecule has 0 spiro atoms. The third-order valence-electron chi connectivity index (χ3n) is 1.37. The first-order valence-corrected chi connectivity index (χ1v) is 4.00. The van der Waals surface area contributed by atoms with Crippen LogP contribution in [0.15, 0.2) is 12.3 Å². The second kappa shape index (κ2) is 4.82. The van der Waals surface area contributed by atoms with Gasteiger partial charge in [0.2, 0.25) is 0 Å². The standard InChI is InChI=1S/C9H10N4O/c1-2-3-9(14)12-6-8-11-5-4-7(10)13-8/h4-5H,6H2,1H3,(H,12,14)(H2,10,11,13). The Balaban J connectivity index is 2.52. The Labute approximate surface area is 81.7 Å². The first-order valence-electron chi connectivity index (χ1n) is 4.00. The summed E-state index contributed by atoms with van der Waals surface area (Å²) in [6, 6.07) is 1.58. The normalized spacial score (nSPS) is 8.64. The van der Waals surface area contributed by atoms with Crippen molar-refractivity contribution in [3.05, 3.63) is 18.1 Å². The maximum absolute atomic E-state index is 10.9. The molecule has 1 amide bonds. The van der Waals surface area contributed by atoms with Crippen molar-refractivity contribution in [1.82, 2.24) is 15.3 Å². The highest BCUT2D eigenvalue weighted by Crippen LogP contribution is 1.94. The van der Waals surface area contributed by atoms with Crippen LogP contribution in [0.25, 0.3) is 0 Å². The highest BCUT2D eigenvalue weighted by atomic mass is 16.1. The third kappa shape index (κ3) is 3.11. The molecular weight excluding hydrogens is 180 g/mol.